The lowest BCUT2D eigenvalue weighted by Crippen LogP contribution is -2.32. The van der Waals surface area contributed by atoms with E-state index in [-0.39, 0.29) is 17.0 Å². The lowest BCUT2D eigenvalue weighted by molar-refractivity contribution is 0.0526. The van der Waals surface area contributed by atoms with Gasteiger partial charge in [0.05, 0.1) is 36.4 Å². The molecule has 3 rings (SSSR count). The van der Waals surface area contributed by atoms with Crippen LogP contribution in [0.1, 0.15) is 58.8 Å². The van der Waals surface area contributed by atoms with Gasteiger partial charge in [0.1, 0.15) is 5.76 Å². The van der Waals surface area contributed by atoms with Crippen molar-refractivity contribution in [1.29, 1.82) is 0 Å². The maximum atomic E-state index is 12.8. The molecule has 1 N–H and O–H groups in total. The summed E-state index contributed by atoms with van der Waals surface area (Å²) in [5.74, 6) is 0.191. The molecular formula is C21H25N3O4S. The molecule has 0 bridgehead atoms. The standard InChI is InChI=1S/C21H25N3O4S/c1-5-13(3)22-19(25)16-10-18(17-12-29-20(23-17)21(26)27-6-2)24(14(16)4)11-15-8-7-9-28-15/h7-10,12-13H,5-6,11H2,1-4H3,(H,22,25). The highest BCUT2D eigenvalue weighted by Gasteiger charge is 2.22. The molecule has 0 radical (unpaired) electrons. The van der Waals surface area contributed by atoms with Crippen LogP contribution >= 0.6 is 11.3 Å². The Kier molecular flexibility index (Phi) is 6.53. The minimum Gasteiger partial charge on any atom is -0.467 e. The van der Waals surface area contributed by atoms with Crippen molar-refractivity contribution < 1.29 is 18.7 Å². The van der Waals surface area contributed by atoms with Crippen LogP contribution in [0.2, 0.25) is 0 Å². The van der Waals surface area contributed by atoms with Crippen molar-refractivity contribution in [3.63, 3.8) is 0 Å². The highest BCUT2D eigenvalue weighted by atomic mass is 32.1. The van der Waals surface area contributed by atoms with Gasteiger partial charge < -0.3 is 19.0 Å². The van der Waals surface area contributed by atoms with Crippen LogP contribution < -0.4 is 5.32 Å². The third-order valence-corrected chi connectivity index (χ3v) is 5.53. The summed E-state index contributed by atoms with van der Waals surface area (Å²) in [5, 5.41) is 5.10. The fourth-order valence-electron chi connectivity index (χ4n) is 2.93. The van der Waals surface area contributed by atoms with Crippen molar-refractivity contribution in [2.75, 3.05) is 6.61 Å². The zero-order valence-corrected chi connectivity index (χ0v) is 17.8. The number of nitrogens with zero attached hydrogens (tertiary/aromatic N) is 2. The first-order valence-electron chi connectivity index (χ1n) is 9.60. The third-order valence-electron chi connectivity index (χ3n) is 4.71. The minimum atomic E-state index is -0.445. The number of hydrogen-bond acceptors (Lipinski definition) is 6. The summed E-state index contributed by atoms with van der Waals surface area (Å²) in [4.78, 5) is 29.2. The number of aromatic nitrogens is 2. The van der Waals surface area contributed by atoms with Gasteiger partial charge in [0.25, 0.3) is 5.91 Å². The van der Waals surface area contributed by atoms with E-state index < -0.39 is 5.97 Å². The molecule has 29 heavy (non-hydrogen) atoms. The van der Waals surface area contributed by atoms with E-state index in [1.807, 2.05) is 43.5 Å². The molecule has 7 nitrogen and oxygen atoms in total. The third kappa shape index (κ3) is 4.59. The summed E-state index contributed by atoms with van der Waals surface area (Å²) >= 11 is 1.22. The minimum absolute atomic E-state index is 0.0773. The largest absolute Gasteiger partial charge is 0.467 e. The fourth-order valence-corrected chi connectivity index (χ4v) is 3.63. The number of ether oxygens (including phenoxy) is 1. The van der Waals surface area contributed by atoms with Gasteiger partial charge in [-0.05, 0) is 45.4 Å². The molecule has 1 amide bonds. The van der Waals surface area contributed by atoms with Gasteiger partial charge >= 0.3 is 5.97 Å². The molecule has 0 aliphatic carbocycles. The van der Waals surface area contributed by atoms with Crippen LogP contribution in [0.3, 0.4) is 0 Å². The van der Waals surface area contributed by atoms with Crippen LogP contribution in [0.15, 0.2) is 34.3 Å². The number of rotatable bonds is 8. The average molecular weight is 416 g/mol. The number of carbonyl (C=O) groups is 2. The maximum Gasteiger partial charge on any atom is 0.367 e. The zero-order valence-electron chi connectivity index (χ0n) is 17.0. The van der Waals surface area contributed by atoms with Gasteiger partial charge in [-0.3, -0.25) is 4.79 Å². The highest BCUT2D eigenvalue weighted by Crippen LogP contribution is 2.29. The lowest BCUT2D eigenvalue weighted by atomic mass is 10.2. The van der Waals surface area contributed by atoms with E-state index in [1.54, 1.807) is 18.6 Å². The first-order valence-corrected chi connectivity index (χ1v) is 10.5. The molecule has 1 atom stereocenters. The van der Waals surface area contributed by atoms with Gasteiger partial charge in [0.15, 0.2) is 0 Å². The Bertz CT molecular complexity index is 988. The SMILES string of the molecule is CCOC(=O)c1nc(-c2cc(C(=O)NC(C)CC)c(C)n2Cc2ccco2)cs1. The van der Waals surface area contributed by atoms with Crippen LogP contribution in [-0.4, -0.2) is 34.1 Å². The predicted molar refractivity (Wildman–Crippen MR) is 111 cm³/mol. The number of amides is 1. The second kappa shape index (κ2) is 9.09. The topological polar surface area (TPSA) is 86.4 Å². The van der Waals surface area contributed by atoms with Gasteiger partial charge in [0.2, 0.25) is 5.01 Å². The number of nitrogens with one attached hydrogen (secondary N) is 1. The Balaban J connectivity index is 2.01. The van der Waals surface area contributed by atoms with Crippen LogP contribution in [0.4, 0.5) is 0 Å². The Morgan fingerprint density at radius 2 is 2.17 bits per heavy atom. The van der Waals surface area contributed by atoms with Crippen molar-refractivity contribution >= 4 is 23.2 Å². The van der Waals surface area contributed by atoms with Gasteiger partial charge in [0, 0.05) is 17.1 Å². The van der Waals surface area contributed by atoms with E-state index in [9.17, 15) is 9.59 Å². The summed E-state index contributed by atoms with van der Waals surface area (Å²) in [5.41, 5.74) is 2.76. The molecule has 3 aromatic heterocycles. The molecule has 8 heteroatoms. The van der Waals surface area contributed by atoms with Crippen molar-refractivity contribution in [1.82, 2.24) is 14.9 Å². The monoisotopic (exact) mass is 415 g/mol. The van der Waals surface area contributed by atoms with Gasteiger partial charge in [-0.2, -0.15) is 0 Å². The molecule has 0 aliphatic rings. The second-order valence-corrected chi connectivity index (χ2v) is 7.59. The summed E-state index contributed by atoms with van der Waals surface area (Å²) < 4.78 is 12.5. The molecular weight excluding hydrogens is 390 g/mol. The molecule has 1 unspecified atom stereocenters. The smallest absolute Gasteiger partial charge is 0.367 e. The molecule has 0 saturated heterocycles. The Morgan fingerprint density at radius 3 is 2.83 bits per heavy atom. The van der Waals surface area contributed by atoms with E-state index in [0.29, 0.717) is 24.4 Å². The Hall–Kier alpha value is -2.87. The van der Waals surface area contributed by atoms with Crippen LogP contribution in [0, 0.1) is 6.92 Å². The average Bonchev–Trinajstić information content (AvgIpc) is 3.44. The molecule has 0 spiro atoms. The highest BCUT2D eigenvalue weighted by molar-refractivity contribution is 7.11. The van der Waals surface area contributed by atoms with Crippen LogP contribution in [-0.2, 0) is 11.3 Å². The van der Waals surface area contributed by atoms with Gasteiger partial charge in [-0.25, -0.2) is 9.78 Å². The summed E-state index contributed by atoms with van der Waals surface area (Å²) in [6.07, 6.45) is 2.46. The van der Waals surface area contributed by atoms with Crippen molar-refractivity contribution in [2.45, 2.75) is 46.7 Å². The molecule has 3 heterocycles. The van der Waals surface area contributed by atoms with E-state index in [4.69, 9.17) is 9.15 Å². The summed E-state index contributed by atoms with van der Waals surface area (Å²) in [6, 6.07) is 5.60. The second-order valence-electron chi connectivity index (χ2n) is 6.74. The van der Waals surface area contributed by atoms with E-state index in [2.05, 4.69) is 10.3 Å². The lowest BCUT2D eigenvalue weighted by Gasteiger charge is -2.12. The van der Waals surface area contributed by atoms with Crippen molar-refractivity contribution in [2.24, 2.45) is 0 Å². The molecule has 154 valence electrons. The van der Waals surface area contributed by atoms with E-state index >= 15 is 0 Å². The predicted octanol–water partition coefficient (Wildman–Crippen LogP) is 4.27. The molecule has 3 aromatic rings. The quantitative estimate of drug-likeness (QED) is 0.555. The molecule has 0 fully saturated rings. The van der Waals surface area contributed by atoms with E-state index in [0.717, 1.165) is 23.6 Å². The number of esters is 1. The van der Waals surface area contributed by atoms with Crippen molar-refractivity contribution in [3.05, 3.63) is 51.9 Å². The molecule has 0 aliphatic heterocycles. The summed E-state index contributed by atoms with van der Waals surface area (Å²) in [7, 11) is 0. The Labute approximate surface area is 173 Å². The van der Waals surface area contributed by atoms with E-state index in [1.165, 1.54) is 11.3 Å². The molecule has 0 saturated carbocycles. The first-order chi connectivity index (χ1) is 13.9. The Morgan fingerprint density at radius 1 is 1.38 bits per heavy atom. The fraction of sp³-hybridized carbons (Fsp3) is 0.381. The van der Waals surface area contributed by atoms with Crippen molar-refractivity contribution in [3.8, 4) is 11.4 Å². The van der Waals surface area contributed by atoms with Gasteiger partial charge in [-0.15, -0.1) is 11.3 Å². The molecule has 0 aromatic carbocycles. The maximum absolute atomic E-state index is 12.8. The first kappa shape index (κ1) is 20.9. The zero-order chi connectivity index (χ0) is 21.0. The number of hydrogen-bond donors (Lipinski definition) is 1. The normalized spacial score (nSPS) is 12.0. The van der Waals surface area contributed by atoms with Crippen LogP contribution in [0.5, 0.6) is 0 Å². The van der Waals surface area contributed by atoms with Crippen LogP contribution in [0.25, 0.3) is 11.4 Å². The summed E-state index contributed by atoms with van der Waals surface area (Å²) in [6.45, 7) is 8.40. The number of furan rings is 1. The van der Waals surface area contributed by atoms with Gasteiger partial charge in [-0.1, -0.05) is 6.92 Å². The number of carbonyl (C=O) groups excluding carboxylic acids is 2. The number of thiazole rings is 1.